The summed E-state index contributed by atoms with van der Waals surface area (Å²) < 4.78 is 5.03. The molecule has 2 aromatic carbocycles. The van der Waals surface area contributed by atoms with Gasteiger partial charge in [0.25, 0.3) is 0 Å². The molecular formula is C18H15ClN2O3. The van der Waals surface area contributed by atoms with E-state index in [-0.39, 0.29) is 5.88 Å². The Morgan fingerprint density at radius 2 is 2.12 bits per heavy atom. The van der Waals surface area contributed by atoms with E-state index in [9.17, 15) is 9.90 Å². The highest BCUT2D eigenvalue weighted by Crippen LogP contribution is 2.29. The van der Waals surface area contributed by atoms with Crippen LogP contribution in [0.4, 0.5) is 5.69 Å². The SMILES string of the molecule is CCOC(=O)c1ccccc1N=Cc1c(O)[nH]c2cc(Cl)ccc12. The first-order chi connectivity index (χ1) is 11.6. The largest absolute Gasteiger partial charge is 0.494 e. The predicted molar refractivity (Wildman–Crippen MR) is 94.6 cm³/mol. The fourth-order valence-corrected chi connectivity index (χ4v) is 2.58. The van der Waals surface area contributed by atoms with Crippen molar-refractivity contribution < 1.29 is 14.6 Å². The van der Waals surface area contributed by atoms with E-state index in [1.807, 2.05) is 0 Å². The molecule has 0 saturated heterocycles. The molecule has 0 radical (unpaired) electrons. The number of halogens is 1. The number of carbonyl (C=O) groups is 1. The van der Waals surface area contributed by atoms with E-state index in [1.165, 1.54) is 6.21 Å². The predicted octanol–water partition coefficient (Wildman–Crippen LogP) is 4.45. The average molecular weight is 343 g/mol. The van der Waals surface area contributed by atoms with Gasteiger partial charge in [0.15, 0.2) is 5.88 Å². The number of fused-ring (bicyclic) bond motifs is 1. The van der Waals surface area contributed by atoms with Crippen LogP contribution in [0.5, 0.6) is 5.88 Å². The zero-order valence-corrected chi connectivity index (χ0v) is 13.7. The Labute approximate surface area is 143 Å². The van der Waals surface area contributed by atoms with Crippen LogP contribution >= 0.6 is 11.6 Å². The lowest BCUT2D eigenvalue weighted by atomic mass is 10.1. The molecule has 1 heterocycles. The molecule has 0 aliphatic rings. The summed E-state index contributed by atoms with van der Waals surface area (Å²) in [6.07, 6.45) is 1.51. The normalized spacial score (nSPS) is 11.2. The van der Waals surface area contributed by atoms with Gasteiger partial charge in [0, 0.05) is 16.6 Å². The third kappa shape index (κ3) is 3.12. The Kier molecular flexibility index (Phi) is 4.53. The van der Waals surface area contributed by atoms with Crippen molar-refractivity contribution in [3.8, 4) is 5.88 Å². The number of nitrogens with zero attached hydrogens (tertiary/aromatic N) is 1. The molecule has 0 fully saturated rings. The van der Waals surface area contributed by atoms with Crippen LogP contribution in [0.3, 0.4) is 0 Å². The van der Waals surface area contributed by atoms with Crippen molar-refractivity contribution in [2.75, 3.05) is 6.61 Å². The molecular weight excluding hydrogens is 328 g/mol. The van der Waals surface area contributed by atoms with Gasteiger partial charge in [-0.1, -0.05) is 29.8 Å². The third-order valence-electron chi connectivity index (χ3n) is 3.51. The van der Waals surface area contributed by atoms with E-state index < -0.39 is 5.97 Å². The number of aromatic amines is 1. The maximum absolute atomic E-state index is 12.0. The van der Waals surface area contributed by atoms with Crippen LogP contribution in [-0.2, 0) is 4.74 Å². The van der Waals surface area contributed by atoms with Crippen LogP contribution in [0.15, 0.2) is 47.5 Å². The van der Waals surface area contributed by atoms with E-state index in [1.54, 1.807) is 49.4 Å². The van der Waals surface area contributed by atoms with Crippen molar-refractivity contribution in [2.45, 2.75) is 6.92 Å². The molecule has 0 spiro atoms. The van der Waals surface area contributed by atoms with Crippen molar-refractivity contribution in [3.05, 3.63) is 58.6 Å². The van der Waals surface area contributed by atoms with Crippen LogP contribution in [-0.4, -0.2) is 28.9 Å². The number of aliphatic imine (C=N–C) groups is 1. The van der Waals surface area contributed by atoms with Crippen LogP contribution < -0.4 is 0 Å². The summed E-state index contributed by atoms with van der Waals surface area (Å²) in [4.78, 5) is 19.2. The second-order valence-corrected chi connectivity index (χ2v) is 5.51. The van der Waals surface area contributed by atoms with Gasteiger partial charge in [-0.2, -0.15) is 0 Å². The molecule has 0 bridgehead atoms. The van der Waals surface area contributed by atoms with E-state index in [0.29, 0.717) is 34.0 Å². The number of para-hydroxylation sites is 1. The fourth-order valence-electron chi connectivity index (χ4n) is 2.41. The zero-order chi connectivity index (χ0) is 17.1. The van der Waals surface area contributed by atoms with Crippen molar-refractivity contribution >= 4 is 40.4 Å². The molecule has 24 heavy (non-hydrogen) atoms. The Balaban J connectivity index is 2.01. The molecule has 122 valence electrons. The molecule has 0 unspecified atom stereocenters. The molecule has 6 heteroatoms. The van der Waals surface area contributed by atoms with Gasteiger partial charge in [-0.05, 0) is 31.2 Å². The van der Waals surface area contributed by atoms with Gasteiger partial charge in [0.1, 0.15) is 0 Å². The molecule has 0 atom stereocenters. The number of H-pyrrole nitrogens is 1. The van der Waals surface area contributed by atoms with Gasteiger partial charge in [-0.15, -0.1) is 0 Å². The monoisotopic (exact) mass is 342 g/mol. The Bertz CT molecular complexity index is 931. The minimum Gasteiger partial charge on any atom is -0.494 e. The molecule has 0 aliphatic heterocycles. The van der Waals surface area contributed by atoms with Crippen LogP contribution in [0.25, 0.3) is 10.9 Å². The van der Waals surface area contributed by atoms with Gasteiger partial charge in [0.2, 0.25) is 0 Å². The first-order valence-electron chi connectivity index (χ1n) is 7.40. The molecule has 3 rings (SSSR count). The lowest BCUT2D eigenvalue weighted by molar-refractivity contribution is 0.0527. The van der Waals surface area contributed by atoms with Gasteiger partial charge in [-0.3, -0.25) is 4.99 Å². The Hall–Kier alpha value is -2.79. The van der Waals surface area contributed by atoms with E-state index in [0.717, 1.165) is 5.39 Å². The number of aromatic hydroxyl groups is 1. The highest BCUT2D eigenvalue weighted by atomic mass is 35.5. The summed E-state index contributed by atoms with van der Waals surface area (Å²) in [5.41, 5.74) is 2.08. The number of hydrogen-bond donors (Lipinski definition) is 2. The number of aromatic nitrogens is 1. The lowest BCUT2D eigenvalue weighted by Gasteiger charge is -2.04. The second kappa shape index (κ2) is 6.76. The van der Waals surface area contributed by atoms with Crippen molar-refractivity contribution in [1.82, 2.24) is 4.98 Å². The van der Waals surface area contributed by atoms with Gasteiger partial charge in [-0.25, -0.2) is 4.79 Å². The van der Waals surface area contributed by atoms with Crippen molar-refractivity contribution in [2.24, 2.45) is 4.99 Å². The third-order valence-corrected chi connectivity index (χ3v) is 3.75. The number of nitrogens with one attached hydrogen (secondary N) is 1. The minimum atomic E-state index is -0.430. The summed E-state index contributed by atoms with van der Waals surface area (Å²) in [5, 5.41) is 11.4. The fraction of sp³-hybridized carbons (Fsp3) is 0.111. The first-order valence-corrected chi connectivity index (χ1v) is 7.78. The molecule has 5 nitrogen and oxygen atoms in total. The van der Waals surface area contributed by atoms with Gasteiger partial charge >= 0.3 is 5.97 Å². The van der Waals surface area contributed by atoms with Crippen LogP contribution in [0.1, 0.15) is 22.8 Å². The Morgan fingerprint density at radius 1 is 1.33 bits per heavy atom. The standard InChI is InChI=1S/C18H15ClN2O3/c1-2-24-18(23)13-5-3-4-6-15(13)20-10-14-12-8-7-11(19)9-16(12)21-17(14)22/h3-10,21-22H,2H2,1H3. The van der Waals surface area contributed by atoms with Crippen molar-refractivity contribution in [1.29, 1.82) is 0 Å². The summed E-state index contributed by atoms with van der Waals surface area (Å²) in [6, 6.07) is 12.2. The van der Waals surface area contributed by atoms with Gasteiger partial charge < -0.3 is 14.8 Å². The summed E-state index contributed by atoms with van der Waals surface area (Å²) in [7, 11) is 0. The highest BCUT2D eigenvalue weighted by Gasteiger charge is 2.12. The topological polar surface area (TPSA) is 74.7 Å². The first kappa shape index (κ1) is 16.1. The van der Waals surface area contributed by atoms with Crippen molar-refractivity contribution in [3.63, 3.8) is 0 Å². The molecule has 2 N–H and O–H groups in total. The van der Waals surface area contributed by atoms with E-state index in [4.69, 9.17) is 16.3 Å². The maximum Gasteiger partial charge on any atom is 0.340 e. The molecule has 3 aromatic rings. The minimum absolute atomic E-state index is 0.00960. The Morgan fingerprint density at radius 3 is 2.92 bits per heavy atom. The molecule has 0 amide bonds. The number of esters is 1. The van der Waals surface area contributed by atoms with Crippen LogP contribution in [0, 0.1) is 0 Å². The van der Waals surface area contributed by atoms with E-state index >= 15 is 0 Å². The zero-order valence-electron chi connectivity index (χ0n) is 12.9. The number of carbonyl (C=O) groups excluding carboxylic acids is 1. The van der Waals surface area contributed by atoms with Crippen LogP contribution in [0.2, 0.25) is 5.02 Å². The summed E-state index contributed by atoms with van der Waals surface area (Å²) in [6.45, 7) is 2.04. The lowest BCUT2D eigenvalue weighted by Crippen LogP contribution is -2.04. The molecule has 1 aromatic heterocycles. The highest BCUT2D eigenvalue weighted by molar-refractivity contribution is 6.31. The summed E-state index contributed by atoms with van der Waals surface area (Å²) in [5.74, 6) is -0.440. The molecule has 0 saturated carbocycles. The summed E-state index contributed by atoms with van der Waals surface area (Å²) >= 11 is 5.95. The maximum atomic E-state index is 12.0. The quantitative estimate of drug-likeness (QED) is 0.543. The number of benzene rings is 2. The number of rotatable bonds is 4. The molecule has 0 aliphatic carbocycles. The van der Waals surface area contributed by atoms with E-state index in [2.05, 4.69) is 9.98 Å². The average Bonchev–Trinajstić information content (AvgIpc) is 2.87. The second-order valence-electron chi connectivity index (χ2n) is 5.07. The smallest absolute Gasteiger partial charge is 0.340 e. The number of ether oxygens (including phenoxy) is 1. The number of hydrogen-bond acceptors (Lipinski definition) is 4. The van der Waals surface area contributed by atoms with Gasteiger partial charge in [0.05, 0.1) is 28.9 Å².